The fourth-order valence-corrected chi connectivity index (χ4v) is 2.81. The number of nitrogens with one attached hydrogen (secondary N) is 2. The van der Waals surface area contributed by atoms with Crippen LogP contribution in [0.25, 0.3) is 0 Å². The number of amides is 3. The van der Waals surface area contributed by atoms with Crippen LogP contribution in [-0.2, 0) is 11.3 Å². The quantitative estimate of drug-likeness (QED) is 0.786. The van der Waals surface area contributed by atoms with Crippen LogP contribution < -0.4 is 15.0 Å². The Morgan fingerprint density at radius 1 is 1.27 bits per heavy atom. The number of rotatable bonds is 6. The van der Waals surface area contributed by atoms with Gasteiger partial charge < -0.3 is 15.0 Å². The second kappa shape index (κ2) is 6.36. The van der Waals surface area contributed by atoms with Gasteiger partial charge in [0.15, 0.2) is 6.67 Å². The van der Waals surface area contributed by atoms with Crippen LogP contribution >= 0.6 is 0 Å². The first-order valence-corrected chi connectivity index (χ1v) is 7.73. The highest BCUT2D eigenvalue weighted by atomic mass is 16.5. The van der Waals surface area contributed by atoms with Crippen molar-refractivity contribution in [3.8, 4) is 5.75 Å². The Kier molecular flexibility index (Phi) is 4.29. The summed E-state index contributed by atoms with van der Waals surface area (Å²) in [6.45, 7) is 1.71. The Bertz CT molecular complexity index is 538. The van der Waals surface area contributed by atoms with Crippen molar-refractivity contribution in [3.63, 3.8) is 0 Å². The predicted octanol–water partition coefficient (Wildman–Crippen LogP) is 0.142. The van der Waals surface area contributed by atoms with Gasteiger partial charge in [0, 0.05) is 31.4 Å². The lowest BCUT2D eigenvalue weighted by Gasteiger charge is -2.29. The zero-order valence-electron chi connectivity index (χ0n) is 12.8. The summed E-state index contributed by atoms with van der Waals surface area (Å²) in [5, 5.41) is 2.74. The van der Waals surface area contributed by atoms with Crippen LogP contribution in [0.1, 0.15) is 24.8 Å². The maximum absolute atomic E-state index is 12.0. The Balaban J connectivity index is 1.67. The minimum atomic E-state index is -0.260. The minimum Gasteiger partial charge on any atom is -0.497 e. The standard InChI is InChI=1S/C16H21N3O3/c1-22-14-6-2-12(3-7-14)10-18(13-4-5-13)11-19-15(20)8-9-17-16(19)21/h2-3,6-7,13H,4-5,8-11H2,1H3,(H,17,21)/p+1. The average Bonchev–Trinajstić information content (AvgIpc) is 3.35. The van der Waals surface area contributed by atoms with Crippen molar-refractivity contribution in [1.29, 1.82) is 0 Å². The van der Waals surface area contributed by atoms with E-state index in [9.17, 15) is 9.59 Å². The van der Waals surface area contributed by atoms with Crippen molar-refractivity contribution in [2.45, 2.75) is 31.8 Å². The molecule has 1 aliphatic carbocycles. The molecule has 1 aromatic carbocycles. The molecule has 0 aromatic heterocycles. The van der Waals surface area contributed by atoms with E-state index >= 15 is 0 Å². The number of carbonyl (C=O) groups excluding carboxylic acids is 2. The van der Waals surface area contributed by atoms with Gasteiger partial charge in [0.05, 0.1) is 13.2 Å². The van der Waals surface area contributed by atoms with Gasteiger partial charge in [-0.3, -0.25) is 4.79 Å². The molecule has 0 spiro atoms. The van der Waals surface area contributed by atoms with Crippen LogP contribution in [0.2, 0.25) is 0 Å². The van der Waals surface area contributed by atoms with Gasteiger partial charge in [-0.15, -0.1) is 0 Å². The molecule has 2 N–H and O–H groups in total. The van der Waals surface area contributed by atoms with Gasteiger partial charge >= 0.3 is 6.03 Å². The number of imide groups is 1. The van der Waals surface area contributed by atoms with E-state index in [1.165, 1.54) is 15.4 Å². The third kappa shape index (κ3) is 3.39. The topological polar surface area (TPSA) is 63.1 Å². The summed E-state index contributed by atoms with van der Waals surface area (Å²) in [5.74, 6) is 0.763. The van der Waals surface area contributed by atoms with E-state index in [0.717, 1.165) is 25.1 Å². The SMILES string of the molecule is COc1ccc(C[NH+](CN2C(=O)CCNC2=O)C2CC2)cc1. The Morgan fingerprint density at radius 3 is 2.59 bits per heavy atom. The molecule has 1 atom stereocenters. The van der Waals surface area contributed by atoms with E-state index in [4.69, 9.17) is 4.74 Å². The number of urea groups is 1. The highest BCUT2D eigenvalue weighted by Crippen LogP contribution is 2.17. The molecule has 3 amide bonds. The molecule has 1 saturated heterocycles. The third-order valence-electron chi connectivity index (χ3n) is 4.27. The molecule has 1 aromatic rings. The highest BCUT2D eigenvalue weighted by Gasteiger charge is 2.37. The molecular formula is C16H22N3O3+. The molecule has 6 nitrogen and oxygen atoms in total. The number of nitrogens with zero attached hydrogens (tertiary/aromatic N) is 1. The van der Waals surface area contributed by atoms with Gasteiger partial charge in [-0.05, 0) is 24.3 Å². The van der Waals surface area contributed by atoms with Gasteiger partial charge in [-0.2, -0.15) is 0 Å². The van der Waals surface area contributed by atoms with E-state index < -0.39 is 0 Å². The Hall–Kier alpha value is -2.08. The Labute approximate surface area is 130 Å². The smallest absolute Gasteiger partial charge is 0.328 e. The summed E-state index contributed by atoms with van der Waals surface area (Å²) in [6, 6.07) is 8.25. The zero-order chi connectivity index (χ0) is 15.5. The summed E-state index contributed by atoms with van der Waals surface area (Å²) in [6.07, 6.45) is 2.72. The van der Waals surface area contributed by atoms with Crippen molar-refractivity contribution < 1.29 is 19.2 Å². The summed E-state index contributed by atoms with van der Waals surface area (Å²) in [5.41, 5.74) is 1.19. The van der Waals surface area contributed by atoms with E-state index in [2.05, 4.69) is 5.32 Å². The van der Waals surface area contributed by atoms with Gasteiger partial charge in [0.25, 0.3) is 0 Å². The largest absolute Gasteiger partial charge is 0.497 e. The third-order valence-corrected chi connectivity index (χ3v) is 4.27. The van der Waals surface area contributed by atoms with Crippen molar-refractivity contribution in [2.24, 2.45) is 0 Å². The molecule has 1 aliphatic heterocycles. The number of ether oxygens (including phenoxy) is 1. The Morgan fingerprint density at radius 2 is 2.00 bits per heavy atom. The first-order valence-electron chi connectivity index (χ1n) is 7.73. The zero-order valence-corrected chi connectivity index (χ0v) is 12.8. The number of carbonyl (C=O) groups is 2. The molecule has 3 rings (SSSR count). The predicted molar refractivity (Wildman–Crippen MR) is 80.4 cm³/mol. The lowest BCUT2D eigenvalue weighted by molar-refractivity contribution is -0.932. The molecule has 0 radical (unpaired) electrons. The van der Waals surface area contributed by atoms with Crippen molar-refractivity contribution in [2.75, 3.05) is 20.3 Å². The average molecular weight is 304 g/mol. The molecule has 1 saturated carbocycles. The number of hydrogen-bond donors (Lipinski definition) is 2. The number of quaternary nitrogens is 1. The number of methoxy groups -OCH3 is 1. The number of hydrogen-bond acceptors (Lipinski definition) is 3. The maximum atomic E-state index is 12.0. The number of benzene rings is 1. The molecular weight excluding hydrogens is 282 g/mol. The minimum absolute atomic E-state index is 0.0726. The molecule has 22 heavy (non-hydrogen) atoms. The summed E-state index contributed by atoms with van der Waals surface area (Å²) >= 11 is 0. The van der Waals surface area contributed by atoms with Crippen LogP contribution in [0.15, 0.2) is 24.3 Å². The maximum Gasteiger partial charge on any atom is 0.328 e. The summed E-state index contributed by atoms with van der Waals surface area (Å²) < 4.78 is 5.17. The fraction of sp³-hybridized carbons (Fsp3) is 0.500. The molecule has 0 bridgehead atoms. The molecule has 2 fully saturated rings. The monoisotopic (exact) mass is 304 g/mol. The highest BCUT2D eigenvalue weighted by molar-refractivity contribution is 5.96. The second-order valence-corrected chi connectivity index (χ2v) is 5.92. The first-order chi connectivity index (χ1) is 10.7. The molecule has 6 heteroatoms. The van der Waals surface area contributed by atoms with Crippen molar-refractivity contribution >= 4 is 11.9 Å². The van der Waals surface area contributed by atoms with Crippen LogP contribution in [0.5, 0.6) is 5.75 Å². The van der Waals surface area contributed by atoms with Gasteiger partial charge in [0.2, 0.25) is 5.91 Å². The van der Waals surface area contributed by atoms with Crippen molar-refractivity contribution in [3.05, 3.63) is 29.8 Å². The van der Waals surface area contributed by atoms with Crippen LogP contribution in [0.3, 0.4) is 0 Å². The summed E-state index contributed by atoms with van der Waals surface area (Å²) in [4.78, 5) is 26.5. The van der Waals surface area contributed by atoms with Crippen molar-refractivity contribution in [1.82, 2.24) is 10.2 Å². The van der Waals surface area contributed by atoms with Gasteiger partial charge in [0.1, 0.15) is 12.3 Å². The molecule has 118 valence electrons. The van der Waals surface area contributed by atoms with E-state index in [1.807, 2.05) is 24.3 Å². The normalized spacial score (nSPS) is 19.8. The van der Waals surface area contributed by atoms with Gasteiger partial charge in [-0.25, -0.2) is 9.69 Å². The van der Waals surface area contributed by atoms with E-state index in [0.29, 0.717) is 25.7 Å². The van der Waals surface area contributed by atoms with Gasteiger partial charge in [-0.1, -0.05) is 0 Å². The molecule has 1 heterocycles. The molecule has 2 aliphatic rings. The first kappa shape index (κ1) is 14.8. The lowest BCUT2D eigenvalue weighted by atomic mass is 10.2. The van der Waals surface area contributed by atoms with Crippen LogP contribution in [0.4, 0.5) is 4.79 Å². The van der Waals surface area contributed by atoms with E-state index in [-0.39, 0.29) is 11.9 Å². The second-order valence-electron chi connectivity index (χ2n) is 5.92. The summed E-state index contributed by atoms with van der Waals surface area (Å²) in [7, 11) is 1.65. The lowest BCUT2D eigenvalue weighted by Crippen LogP contribution is -3.14. The van der Waals surface area contributed by atoms with E-state index in [1.54, 1.807) is 7.11 Å². The van der Waals surface area contributed by atoms with Crippen LogP contribution in [-0.4, -0.2) is 43.2 Å². The van der Waals surface area contributed by atoms with Crippen LogP contribution in [0, 0.1) is 0 Å². The molecule has 1 unspecified atom stereocenters. The fourth-order valence-electron chi connectivity index (χ4n) is 2.81.